The number of thiazole rings is 1. The van der Waals surface area contributed by atoms with Crippen LogP contribution in [0.25, 0.3) is 0 Å². The SMILES string of the molecule is Cc1ncsc1C(=O)NC1CCN(Cc2sccc2Br)CC1. The van der Waals surface area contributed by atoms with Gasteiger partial charge in [0.2, 0.25) is 0 Å². The third-order valence-corrected chi connectivity index (χ3v) is 6.77. The van der Waals surface area contributed by atoms with E-state index >= 15 is 0 Å². The molecule has 1 aliphatic rings. The van der Waals surface area contributed by atoms with Crippen molar-refractivity contribution < 1.29 is 4.79 Å². The lowest BCUT2D eigenvalue weighted by Crippen LogP contribution is -2.44. The van der Waals surface area contributed by atoms with Crippen LogP contribution in [0.2, 0.25) is 0 Å². The molecule has 0 aliphatic carbocycles. The fourth-order valence-corrected chi connectivity index (χ4v) is 4.87. The van der Waals surface area contributed by atoms with E-state index in [1.54, 1.807) is 16.8 Å². The van der Waals surface area contributed by atoms with Crippen LogP contribution >= 0.6 is 38.6 Å². The Bertz CT molecular complexity index is 647. The van der Waals surface area contributed by atoms with E-state index in [9.17, 15) is 4.79 Å². The van der Waals surface area contributed by atoms with Crippen LogP contribution in [0.3, 0.4) is 0 Å². The van der Waals surface area contributed by atoms with Crippen LogP contribution < -0.4 is 5.32 Å². The van der Waals surface area contributed by atoms with Gasteiger partial charge in [-0.3, -0.25) is 9.69 Å². The van der Waals surface area contributed by atoms with Gasteiger partial charge in [-0.25, -0.2) is 4.98 Å². The molecule has 0 aromatic carbocycles. The molecule has 0 spiro atoms. The summed E-state index contributed by atoms with van der Waals surface area (Å²) in [5.41, 5.74) is 2.55. The number of aromatic nitrogens is 1. The number of hydrogen-bond donors (Lipinski definition) is 1. The van der Waals surface area contributed by atoms with Gasteiger partial charge in [0.25, 0.3) is 5.91 Å². The van der Waals surface area contributed by atoms with Crippen molar-refractivity contribution in [3.63, 3.8) is 0 Å². The molecule has 2 aromatic rings. The topological polar surface area (TPSA) is 45.2 Å². The fourth-order valence-electron chi connectivity index (χ4n) is 2.65. The standard InChI is InChI=1S/C15H18BrN3OS2/c1-10-14(22-9-17-10)15(20)18-11-2-5-19(6-3-11)8-13-12(16)4-7-21-13/h4,7,9,11H,2-3,5-6,8H2,1H3,(H,18,20). The van der Waals surface area contributed by atoms with E-state index in [1.165, 1.54) is 20.7 Å². The molecule has 3 rings (SSSR count). The number of likely N-dealkylation sites (tertiary alicyclic amines) is 1. The molecule has 118 valence electrons. The second-order valence-electron chi connectivity index (χ2n) is 5.48. The van der Waals surface area contributed by atoms with E-state index in [1.807, 2.05) is 6.92 Å². The number of piperidine rings is 1. The van der Waals surface area contributed by atoms with Gasteiger partial charge in [0, 0.05) is 35.0 Å². The molecule has 0 radical (unpaired) electrons. The van der Waals surface area contributed by atoms with Crippen LogP contribution in [0, 0.1) is 6.92 Å². The third kappa shape index (κ3) is 3.76. The van der Waals surface area contributed by atoms with Gasteiger partial charge >= 0.3 is 0 Å². The highest BCUT2D eigenvalue weighted by Crippen LogP contribution is 2.25. The molecule has 1 amide bonds. The zero-order valence-corrected chi connectivity index (χ0v) is 15.6. The molecule has 0 atom stereocenters. The summed E-state index contributed by atoms with van der Waals surface area (Å²) in [6.07, 6.45) is 2.01. The van der Waals surface area contributed by atoms with Crippen molar-refractivity contribution in [1.82, 2.24) is 15.2 Å². The summed E-state index contributed by atoms with van der Waals surface area (Å²) in [6.45, 7) is 4.92. The van der Waals surface area contributed by atoms with Crippen molar-refractivity contribution in [2.24, 2.45) is 0 Å². The Morgan fingerprint density at radius 3 is 2.82 bits per heavy atom. The fraction of sp³-hybridized carbons (Fsp3) is 0.467. The second kappa shape index (κ2) is 7.21. The summed E-state index contributed by atoms with van der Waals surface area (Å²) in [5, 5.41) is 5.27. The number of thiophene rings is 1. The number of nitrogens with one attached hydrogen (secondary N) is 1. The number of nitrogens with zero attached hydrogens (tertiary/aromatic N) is 2. The Hall–Kier alpha value is -0.760. The van der Waals surface area contributed by atoms with Gasteiger partial charge in [-0.05, 0) is 47.1 Å². The number of halogens is 1. The molecule has 22 heavy (non-hydrogen) atoms. The maximum Gasteiger partial charge on any atom is 0.263 e. The zero-order chi connectivity index (χ0) is 15.5. The monoisotopic (exact) mass is 399 g/mol. The maximum absolute atomic E-state index is 12.2. The Morgan fingerprint density at radius 2 is 2.23 bits per heavy atom. The first-order valence-corrected chi connectivity index (χ1v) is 9.84. The first-order valence-electron chi connectivity index (χ1n) is 7.28. The van der Waals surface area contributed by atoms with Gasteiger partial charge in [-0.1, -0.05) is 0 Å². The minimum Gasteiger partial charge on any atom is -0.348 e. The largest absolute Gasteiger partial charge is 0.348 e. The van der Waals surface area contributed by atoms with Crippen LogP contribution in [0.4, 0.5) is 0 Å². The molecule has 1 aliphatic heterocycles. The van der Waals surface area contributed by atoms with E-state index in [0.717, 1.165) is 43.0 Å². The molecule has 0 bridgehead atoms. The molecular weight excluding hydrogens is 382 g/mol. The first kappa shape index (κ1) is 16.1. The maximum atomic E-state index is 12.2. The molecule has 1 N–H and O–H groups in total. The van der Waals surface area contributed by atoms with Gasteiger partial charge in [0.05, 0.1) is 11.2 Å². The van der Waals surface area contributed by atoms with E-state index in [4.69, 9.17) is 0 Å². The van der Waals surface area contributed by atoms with Gasteiger partial charge < -0.3 is 5.32 Å². The third-order valence-electron chi connectivity index (χ3n) is 3.93. The highest BCUT2D eigenvalue weighted by Gasteiger charge is 2.23. The van der Waals surface area contributed by atoms with Crippen LogP contribution in [-0.4, -0.2) is 34.9 Å². The number of hydrogen-bond acceptors (Lipinski definition) is 5. The Kier molecular flexibility index (Phi) is 5.28. The van der Waals surface area contributed by atoms with Crippen molar-refractivity contribution in [3.05, 3.63) is 36.9 Å². The van der Waals surface area contributed by atoms with Crippen molar-refractivity contribution in [3.8, 4) is 0 Å². The van der Waals surface area contributed by atoms with Crippen LogP contribution in [0.5, 0.6) is 0 Å². The average molecular weight is 400 g/mol. The average Bonchev–Trinajstić information content (AvgIpc) is 3.10. The summed E-state index contributed by atoms with van der Waals surface area (Å²) in [5.74, 6) is 0.0273. The lowest BCUT2D eigenvalue weighted by Gasteiger charge is -2.32. The number of amides is 1. The molecule has 0 unspecified atom stereocenters. The minimum absolute atomic E-state index is 0.0273. The normalized spacial score (nSPS) is 16.8. The summed E-state index contributed by atoms with van der Waals surface area (Å²) in [4.78, 5) is 20.9. The number of aryl methyl sites for hydroxylation is 1. The van der Waals surface area contributed by atoms with Crippen molar-refractivity contribution >= 4 is 44.5 Å². The number of carbonyl (C=O) groups excluding carboxylic acids is 1. The van der Waals surface area contributed by atoms with Crippen molar-refractivity contribution in [2.75, 3.05) is 13.1 Å². The van der Waals surface area contributed by atoms with Crippen molar-refractivity contribution in [2.45, 2.75) is 32.4 Å². The molecule has 1 fully saturated rings. The Morgan fingerprint density at radius 1 is 1.45 bits per heavy atom. The molecular formula is C15H18BrN3OS2. The summed E-state index contributed by atoms with van der Waals surface area (Å²) >= 11 is 6.79. The number of carbonyl (C=O) groups is 1. The lowest BCUT2D eigenvalue weighted by molar-refractivity contribution is 0.0912. The molecule has 3 heterocycles. The molecule has 1 saturated heterocycles. The molecule has 0 saturated carbocycles. The molecule has 2 aromatic heterocycles. The van der Waals surface area contributed by atoms with Crippen LogP contribution in [0.15, 0.2) is 21.4 Å². The first-order chi connectivity index (χ1) is 10.6. The lowest BCUT2D eigenvalue weighted by atomic mass is 10.0. The Balaban J connectivity index is 1.49. The van der Waals surface area contributed by atoms with E-state index in [-0.39, 0.29) is 11.9 Å². The quantitative estimate of drug-likeness (QED) is 0.852. The van der Waals surface area contributed by atoms with Gasteiger partial charge in [-0.2, -0.15) is 0 Å². The second-order valence-corrected chi connectivity index (χ2v) is 8.19. The molecule has 7 heteroatoms. The Labute approximate surface area is 146 Å². The number of rotatable bonds is 4. The smallest absolute Gasteiger partial charge is 0.263 e. The van der Waals surface area contributed by atoms with Gasteiger partial charge in [0.15, 0.2) is 0 Å². The zero-order valence-electron chi connectivity index (χ0n) is 12.3. The predicted octanol–water partition coefficient (Wildman–Crippen LogP) is 3.67. The van der Waals surface area contributed by atoms with Gasteiger partial charge in [-0.15, -0.1) is 22.7 Å². The minimum atomic E-state index is 0.0273. The van der Waals surface area contributed by atoms with Crippen molar-refractivity contribution in [1.29, 1.82) is 0 Å². The molecule has 4 nitrogen and oxygen atoms in total. The van der Waals surface area contributed by atoms with E-state index in [0.29, 0.717) is 0 Å². The highest BCUT2D eigenvalue weighted by molar-refractivity contribution is 9.10. The summed E-state index contributed by atoms with van der Waals surface area (Å²) in [7, 11) is 0. The van der Waals surface area contributed by atoms with Gasteiger partial charge in [0.1, 0.15) is 4.88 Å². The highest BCUT2D eigenvalue weighted by atomic mass is 79.9. The van der Waals surface area contributed by atoms with E-state index < -0.39 is 0 Å². The summed E-state index contributed by atoms with van der Waals surface area (Å²) in [6, 6.07) is 2.38. The van der Waals surface area contributed by atoms with Crippen LogP contribution in [-0.2, 0) is 6.54 Å². The predicted molar refractivity (Wildman–Crippen MR) is 94.6 cm³/mol. The summed E-state index contributed by atoms with van der Waals surface area (Å²) < 4.78 is 1.20. The van der Waals surface area contributed by atoms with E-state index in [2.05, 4.69) is 42.6 Å². The van der Waals surface area contributed by atoms with Crippen LogP contribution in [0.1, 0.15) is 33.1 Å².